The van der Waals surface area contributed by atoms with Crippen molar-refractivity contribution in [1.29, 1.82) is 0 Å². The molecule has 1 saturated heterocycles. The van der Waals surface area contributed by atoms with Gasteiger partial charge < -0.3 is 9.64 Å². The van der Waals surface area contributed by atoms with Crippen LogP contribution in [0.4, 0.5) is 0 Å². The molecule has 0 aromatic carbocycles. The van der Waals surface area contributed by atoms with E-state index >= 15 is 0 Å². The van der Waals surface area contributed by atoms with Gasteiger partial charge in [0, 0.05) is 38.9 Å². The molecule has 3 rings (SSSR count). The van der Waals surface area contributed by atoms with Gasteiger partial charge in [-0.15, -0.1) is 0 Å². The van der Waals surface area contributed by atoms with Gasteiger partial charge in [0.2, 0.25) is 0 Å². The van der Waals surface area contributed by atoms with Crippen molar-refractivity contribution in [1.82, 2.24) is 14.8 Å². The van der Waals surface area contributed by atoms with Gasteiger partial charge in [0.05, 0.1) is 18.4 Å². The Balaban J connectivity index is 1.57. The Labute approximate surface area is 121 Å². The second-order valence-electron chi connectivity index (χ2n) is 6.21. The lowest BCUT2D eigenvalue weighted by atomic mass is 10.2. The molecule has 1 saturated carbocycles. The Morgan fingerprint density at radius 1 is 1.35 bits per heavy atom. The minimum absolute atomic E-state index is 0.344. The predicted molar refractivity (Wildman–Crippen MR) is 79.5 cm³/mol. The molecule has 0 amide bonds. The van der Waals surface area contributed by atoms with Gasteiger partial charge in [-0.05, 0) is 37.9 Å². The molecule has 1 aliphatic carbocycles. The minimum atomic E-state index is 0.344. The Morgan fingerprint density at radius 2 is 2.25 bits per heavy atom. The van der Waals surface area contributed by atoms with Crippen molar-refractivity contribution in [2.75, 3.05) is 39.8 Å². The number of pyridine rings is 1. The van der Waals surface area contributed by atoms with Gasteiger partial charge in [-0.2, -0.15) is 0 Å². The SMILES string of the molecule is CN1CCO[C@@H](CN(Cc2ccccn2)CC2CC2)C1. The van der Waals surface area contributed by atoms with Gasteiger partial charge in [-0.25, -0.2) is 0 Å². The molecule has 1 aliphatic heterocycles. The normalized spacial score (nSPS) is 24.2. The van der Waals surface area contributed by atoms with E-state index in [0.29, 0.717) is 6.10 Å². The van der Waals surface area contributed by atoms with E-state index in [9.17, 15) is 0 Å². The molecular formula is C16H25N3O. The van der Waals surface area contributed by atoms with Crippen LogP contribution in [0.1, 0.15) is 18.5 Å². The summed E-state index contributed by atoms with van der Waals surface area (Å²) >= 11 is 0. The van der Waals surface area contributed by atoms with E-state index in [1.165, 1.54) is 19.4 Å². The van der Waals surface area contributed by atoms with Crippen LogP contribution in [0, 0.1) is 5.92 Å². The van der Waals surface area contributed by atoms with Crippen LogP contribution in [-0.4, -0.2) is 60.7 Å². The topological polar surface area (TPSA) is 28.6 Å². The van der Waals surface area contributed by atoms with Crippen LogP contribution in [0.25, 0.3) is 0 Å². The van der Waals surface area contributed by atoms with E-state index in [0.717, 1.165) is 44.4 Å². The summed E-state index contributed by atoms with van der Waals surface area (Å²) < 4.78 is 5.91. The molecule has 2 aliphatic rings. The van der Waals surface area contributed by atoms with Crippen LogP contribution in [0.15, 0.2) is 24.4 Å². The molecule has 0 N–H and O–H groups in total. The third-order valence-electron chi connectivity index (χ3n) is 4.13. The zero-order valence-electron chi connectivity index (χ0n) is 12.4. The van der Waals surface area contributed by atoms with Gasteiger partial charge in [-0.1, -0.05) is 6.07 Å². The summed E-state index contributed by atoms with van der Waals surface area (Å²) in [6.07, 6.45) is 5.01. The number of nitrogens with zero attached hydrogens (tertiary/aromatic N) is 3. The van der Waals surface area contributed by atoms with Crippen LogP contribution in [0.5, 0.6) is 0 Å². The van der Waals surface area contributed by atoms with E-state index in [2.05, 4.69) is 34.0 Å². The highest BCUT2D eigenvalue weighted by Gasteiger charge is 2.27. The molecule has 0 unspecified atom stereocenters. The molecule has 20 heavy (non-hydrogen) atoms. The number of aromatic nitrogens is 1. The first-order chi connectivity index (χ1) is 9.79. The molecule has 4 nitrogen and oxygen atoms in total. The largest absolute Gasteiger partial charge is 0.374 e. The minimum Gasteiger partial charge on any atom is -0.374 e. The standard InChI is InChI=1S/C16H25N3O/c1-18-8-9-20-16(12-18)13-19(10-14-5-6-14)11-15-4-2-3-7-17-15/h2-4,7,14,16H,5-6,8-13H2,1H3/t16-/m1/s1. The van der Waals surface area contributed by atoms with Crippen LogP contribution < -0.4 is 0 Å². The lowest BCUT2D eigenvalue weighted by Gasteiger charge is -2.34. The molecule has 1 aromatic heterocycles. The van der Waals surface area contributed by atoms with Crippen molar-refractivity contribution in [2.45, 2.75) is 25.5 Å². The van der Waals surface area contributed by atoms with E-state index < -0.39 is 0 Å². The van der Waals surface area contributed by atoms with Crippen molar-refractivity contribution in [3.63, 3.8) is 0 Å². The summed E-state index contributed by atoms with van der Waals surface area (Å²) in [4.78, 5) is 9.36. The molecule has 110 valence electrons. The maximum Gasteiger partial charge on any atom is 0.0829 e. The number of morpholine rings is 1. The van der Waals surface area contributed by atoms with Gasteiger partial charge in [0.1, 0.15) is 0 Å². The Kier molecular flexibility index (Phi) is 4.65. The summed E-state index contributed by atoms with van der Waals surface area (Å²) in [6, 6.07) is 6.17. The maximum atomic E-state index is 5.91. The Morgan fingerprint density at radius 3 is 2.95 bits per heavy atom. The van der Waals surface area contributed by atoms with E-state index in [-0.39, 0.29) is 0 Å². The quantitative estimate of drug-likeness (QED) is 0.789. The van der Waals surface area contributed by atoms with Crippen molar-refractivity contribution in [3.05, 3.63) is 30.1 Å². The zero-order chi connectivity index (χ0) is 13.8. The molecule has 2 heterocycles. The average molecular weight is 275 g/mol. The lowest BCUT2D eigenvalue weighted by Crippen LogP contribution is -2.46. The van der Waals surface area contributed by atoms with Crippen LogP contribution in [0.3, 0.4) is 0 Å². The molecule has 0 spiro atoms. The van der Waals surface area contributed by atoms with Crippen molar-refractivity contribution in [3.8, 4) is 0 Å². The Hall–Kier alpha value is -0.970. The highest BCUT2D eigenvalue weighted by atomic mass is 16.5. The summed E-state index contributed by atoms with van der Waals surface area (Å²) in [5.74, 6) is 0.903. The van der Waals surface area contributed by atoms with Gasteiger partial charge in [-0.3, -0.25) is 9.88 Å². The van der Waals surface area contributed by atoms with Crippen molar-refractivity contribution in [2.24, 2.45) is 5.92 Å². The van der Waals surface area contributed by atoms with Crippen LogP contribution in [-0.2, 0) is 11.3 Å². The third kappa shape index (κ3) is 4.27. The molecule has 0 bridgehead atoms. The fourth-order valence-corrected chi connectivity index (χ4v) is 2.86. The van der Waals surface area contributed by atoms with Crippen molar-refractivity contribution >= 4 is 0 Å². The lowest BCUT2D eigenvalue weighted by molar-refractivity contribution is -0.0374. The summed E-state index contributed by atoms with van der Waals surface area (Å²) in [5, 5.41) is 0. The number of likely N-dealkylation sites (N-methyl/N-ethyl adjacent to an activating group) is 1. The average Bonchev–Trinajstić information content (AvgIpc) is 3.24. The number of ether oxygens (including phenoxy) is 1. The highest BCUT2D eigenvalue weighted by molar-refractivity contribution is 5.03. The molecular weight excluding hydrogens is 250 g/mol. The fraction of sp³-hybridized carbons (Fsp3) is 0.688. The summed E-state index contributed by atoms with van der Waals surface area (Å²) in [5.41, 5.74) is 1.16. The Bertz CT molecular complexity index is 407. The third-order valence-corrected chi connectivity index (χ3v) is 4.13. The highest BCUT2D eigenvalue weighted by Crippen LogP contribution is 2.30. The monoisotopic (exact) mass is 275 g/mol. The molecule has 4 heteroatoms. The molecule has 2 fully saturated rings. The number of rotatable bonds is 6. The number of hydrogen-bond acceptors (Lipinski definition) is 4. The molecule has 1 aromatic rings. The first-order valence-electron chi connectivity index (χ1n) is 7.72. The van der Waals surface area contributed by atoms with Crippen LogP contribution in [0.2, 0.25) is 0 Å². The second-order valence-corrected chi connectivity index (χ2v) is 6.21. The summed E-state index contributed by atoms with van der Waals surface area (Å²) in [7, 11) is 2.18. The smallest absolute Gasteiger partial charge is 0.0829 e. The van der Waals surface area contributed by atoms with E-state index in [1.54, 1.807) is 0 Å². The van der Waals surface area contributed by atoms with Gasteiger partial charge >= 0.3 is 0 Å². The first kappa shape index (κ1) is 14.0. The van der Waals surface area contributed by atoms with Crippen molar-refractivity contribution < 1.29 is 4.74 Å². The fourth-order valence-electron chi connectivity index (χ4n) is 2.86. The van der Waals surface area contributed by atoms with Gasteiger partial charge in [0.15, 0.2) is 0 Å². The van der Waals surface area contributed by atoms with Crippen LogP contribution >= 0.6 is 0 Å². The predicted octanol–water partition coefficient (Wildman–Crippen LogP) is 1.62. The zero-order valence-corrected chi connectivity index (χ0v) is 12.4. The number of hydrogen-bond donors (Lipinski definition) is 0. The molecule has 1 atom stereocenters. The molecule has 0 radical (unpaired) electrons. The van der Waals surface area contributed by atoms with E-state index in [4.69, 9.17) is 4.74 Å². The first-order valence-corrected chi connectivity index (χ1v) is 7.72. The van der Waals surface area contributed by atoms with Gasteiger partial charge in [0.25, 0.3) is 0 Å². The van der Waals surface area contributed by atoms with E-state index in [1.807, 2.05) is 12.3 Å². The summed E-state index contributed by atoms with van der Waals surface area (Å²) in [6.45, 7) is 6.13. The maximum absolute atomic E-state index is 5.91. The second kappa shape index (κ2) is 6.66.